The van der Waals surface area contributed by atoms with E-state index in [1.54, 1.807) is 26.5 Å². The minimum Gasteiger partial charge on any atom is -0.453 e. The number of carbonyl (C=O) groups is 4. The molecule has 2 aliphatic heterocycles. The number of benzene rings is 1. The second-order valence-corrected chi connectivity index (χ2v) is 15.7. The van der Waals surface area contributed by atoms with Gasteiger partial charge in [0.25, 0.3) is 0 Å². The number of aromatic amines is 2. The summed E-state index contributed by atoms with van der Waals surface area (Å²) in [6.45, 7) is 13.0. The van der Waals surface area contributed by atoms with Crippen molar-refractivity contribution < 1.29 is 28.7 Å². The number of rotatable bonds is 8. The molecular weight excluding hydrogens is 713 g/mol. The lowest BCUT2D eigenvalue weighted by molar-refractivity contribution is -0.139. The maximum absolute atomic E-state index is 13.8. The smallest absolute Gasteiger partial charge is 0.409 e. The summed E-state index contributed by atoms with van der Waals surface area (Å²) in [4.78, 5) is 74.4. The molecule has 0 bridgehead atoms. The Kier molecular flexibility index (Phi) is 13.2. The molecule has 298 valence electrons. The molecule has 3 aromatic rings. The van der Waals surface area contributed by atoms with Crippen LogP contribution < -0.4 is 0 Å². The van der Waals surface area contributed by atoms with Gasteiger partial charge in [0.15, 0.2) is 0 Å². The van der Waals surface area contributed by atoms with Crippen molar-refractivity contribution in [3.05, 3.63) is 70.8 Å². The van der Waals surface area contributed by atoms with Crippen molar-refractivity contribution in [3.8, 4) is 23.7 Å². The van der Waals surface area contributed by atoms with Crippen LogP contribution in [0.4, 0.5) is 9.59 Å². The lowest BCUT2D eigenvalue weighted by atomic mass is 10.0. The third-order valence-corrected chi connectivity index (χ3v) is 10.5. The number of hydrogen-bond donors (Lipinski definition) is 2. The maximum atomic E-state index is 13.8. The van der Waals surface area contributed by atoms with Gasteiger partial charge in [-0.2, -0.15) is 0 Å². The van der Waals surface area contributed by atoms with Gasteiger partial charge in [0.1, 0.15) is 35.1 Å². The Morgan fingerprint density at radius 2 is 1.04 bits per heavy atom. The molecule has 1 aromatic carbocycles. The molecule has 56 heavy (non-hydrogen) atoms. The first-order valence-corrected chi connectivity index (χ1v) is 19.1. The zero-order valence-corrected chi connectivity index (χ0v) is 34.0. The van der Waals surface area contributed by atoms with E-state index in [0.29, 0.717) is 36.1 Å². The van der Waals surface area contributed by atoms with E-state index in [9.17, 15) is 19.2 Å². The monoisotopic (exact) mass is 766 g/mol. The van der Waals surface area contributed by atoms with Gasteiger partial charge in [-0.05, 0) is 72.6 Å². The summed E-state index contributed by atoms with van der Waals surface area (Å²) in [5.74, 6) is 14.0. The number of methoxy groups -OCH3 is 2. The fourth-order valence-electron chi connectivity index (χ4n) is 7.80. The van der Waals surface area contributed by atoms with Crippen LogP contribution in [-0.4, -0.2) is 117 Å². The van der Waals surface area contributed by atoms with E-state index in [0.717, 1.165) is 24.0 Å². The number of imidazole rings is 2. The normalized spacial score (nSPS) is 20.1. The van der Waals surface area contributed by atoms with E-state index in [1.807, 2.05) is 61.8 Å². The molecule has 2 aromatic heterocycles. The van der Waals surface area contributed by atoms with E-state index in [-0.39, 0.29) is 47.6 Å². The molecule has 2 N–H and O–H groups in total. The Labute approximate surface area is 329 Å². The van der Waals surface area contributed by atoms with Gasteiger partial charge < -0.3 is 29.2 Å². The molecule has 5 rings (SSSR count). The first-order valence-electron chi connectivity index (χ1n) is 19.1. The van der Waals surface area contributed by atoms with E-state index < -0.39 is 24.3 Å². The van der Waals surface area contributed by atoms with Crippen LogP contribution in [0.2, 0.25) is 0 Å². The molecule has 6 atom stereocenters. The number of nitrogens with zero attached hydrogens (tertiary/aromatic N) is 6. The van der Waals surface area contributed by atoms with E-state index in [2.05, 4.69) is 57.5 Å². The molecule has 2 aliphatic rings. The standard InChI is InChI=1S/C42H54N8O6/c1-25(2)35(47(7)41(53)55-9)39(51)49-23-27(5)19-33(49)37-43-21-31(45-37)17-15-29-11-13-30(14-12-29)16-18-32-22-44-38(46-32)34-20-28(6)24-50(34)40(52)36(26(3)4)48(8)42(54)56-10/h11-14,21-22,25-28,33-36H,19-20,23-24H2,1-10H3,(H,43,45)(H,44,46)/t27-,28-,33-,34-,35-,36?/m0/s1. The average molecular weight is 767 g/mol. The van der Waals surface area contributed by atoms with Crippen LogP contribution >= 0.6 is 0 Å². The van der Waals surface area contributed by atoms with Crippen LogP contribution in [0.1, 0.15) is 101 Å². The van der Waals surface area contributed by atoms with Crippen LogP contribution in [0, 0.1) is 47.4 Å². The van der Waals surface area contributed by atoms with Crippen LogP contribution in [0.25, 0.3) is 0 Å². The van der Waals surface area contributed by atoms with Gasteiger partial charge in [0.2, 0.25) is 11.8 Å². The highest BCUT2D eigenvalue weighted by Gasteiger charge is 2.43. The molecule has 4 amide bonds. The molecule has 2 fully saturated rings. The third kappa shape index (κ3) is 9.19. The summed E-state index contributed by atoms with van der Waals surface area (Å²) >= 11 is 0. The topological polar surface area (TPSA) is 157 Å². The zero-order chi connectivity index (χ0) is 40.8. The summed E-state index contributed by atoms with van der Waals surface area (Å²) in [5.41, 5.74) is 2.85. The van der Waals surface area contributed by atoms with Gasteiger partial charge in [0, 0.05) is 38.3 Å². The van der Waals surface area contributed by atoms with Crippen LogP contribution in [-0.2, 0) is 19.1 Å². The molecule has 2 saturated heterocycles. The van der Waals surface area contributed by atoms with Crippen molar-refractivity contribution in [2.75, 3.05) is 41.4 Å². The summed E-state index contributed by atoms with van der Waals surface area (Å²) in [6, 6.07) is 5.75. The van der Waals surface area contributed by atoms with E-state index in [4.69, 9.17) is 9.47 Å². The molecule has 0 aliphatic carbocycles. The van der Waals surface area contributed by atoms with E-state index >= 15 is 0 Å². The highest BCUT2D eigenvalue weighted by molar-refractivity contribution is 5.87. The van der Waals surface area contributed by atoms with Gasteiger partial charge in [-0.3, -0.25) is 19.4 Å². The van der Waals surface area contributed by atoms with Crippen molar-refractivity contribution >= 4 is 24.0 Å². The molecule has 0 saturated carbocycles. The van der Waals surface area contributed by atoms with Gasteiger partial charge in [-0.1, -0.05) is 53.4 Å². The second kappa shape index (κ2) is 17.8. The fourth-order valence-corrected chi connectivity index (χ4v) is 7.80. The predicted octanol–water partition coefficient (Wildman–Crippen LogP) is 5.20. The second-order valence-electron chi connectivity index (χ2n) is 15.7. The molecule has 0 radical (unpaired) electrons. The molecule has 14 nitrogen and oxygen atoms in total. The number of likely N-dealkylation sites (tertiary alicyclic amines) is 2. The Hall–Kier alpha value is -5.76. The number of hydrogen-bond acceptors (Lipinski definition) is 8. The number of likely N-dealkylation sites (N-methyl/N-ethyl adjacent to an activating group) is 2. The first-order chi connectivity index (χ1) is 26.6. The molecule has 1 unspecified atom stereocenters. The van der Waals surface area contributed by atoms with Crippen molar-refractivity contribution in [2.45, 2.75) is 78.6 Å². The lowest BCUT2D eigenvalue weighted by Crippen LogP contribution is -2.52. The summed E-state index contributed by atoms with van der Waals surface area (Å²) in [6.07, 6.45) is 3.74. The number of aromatic nitrogens is 4. The Morgan fingerprint density at radius 3 is 1.36 bits per heavy atom. The third-order valence-electron chi connectivity index (χ3n) is 10.5. The van der Waals surface area contributed by atoms with Gasteiger partial charge in [-0.15, -0.1) is 0 Å². The quantitative estimate of drug-likeness (QED) is 0.297. The fraction of sp³-hybridized carbons (Fsp3) is 0.524. The number of H-pyrrole nitrogens is 2. The minimum absolute atomic E-state index is 0.111. The lowest BCUT2D eigenvalue weighted by Gasteiger charge is -2.34. The van der Waals surface area contributed by atoms with Crippen molar-refractivity contribution in [1.29, 1.82) is 0 Å². The maximum Gasteiger partial charge on any atom is 0.409 e. The van der Waals surface area contributed by atoms with Crippen molar-refractivity contribution in [1.82, 2.24) is 39.5 Å². The Bertz CT molecular complexity index is 1870. The summed E-state index contributed by atoms with van der Waals surface area (Å²) < 4.78 is 9.79. The Balaban J connectivity index is 1.24. The average Bonchev–Trinajstić information content (AvgIpc) is 3.99. The van der Waals surface area contributed by atoms with Crippen LogP contribution in [0.5, 0.6) is 0 Å². The van der Waals surface area contributed by atoms with Gasteiger partial charge in [0.05, 0.1) is 38.7 Å². The number of carbonyl (C=O) groups excluding carboxylic acids is 4. The molecule has 4 heterocycles. The minimum atomic E-state index is -0.662. The first kappa shape index (κ1) is 41.4. The van der Waals surface area contributed by atoms with E-state index in [1.165, 1.54) is 24.0 Å². The number of ether oxygens (including phenoxy) is 2. The highest BCUT2D eigenvalue weighted by Crippen LogP contribution is 2.37. The van der Waals surface area contributed by atoms with Crippen molar-refractivity contribution in [2.24, 2.45) is 23.7 Å². The summed E-state index contributed by atoms with van der Waals surface area (Å²) in [5, 5.41) is 0. The molecule has 14 heteroatoms. The van der Waals surface area contributed by atoms with Crippen LogP contribution in [0.3, 0.4) is 0 Å². The SMILES string of the molecule is COC(=O)N(C)C(C(=O)N1C[C@@H](C)C[C@H]1c1ncc(C#Cc2ccc(C#Cc3cnc([C@@H]4C[C@H](C)CN4C(=O)[C@H](C(C)C)N(C)C(=O)OC)[nH]3)cc2)[nH]1)C(C)C. The van der Waals surface area contributed by atoms with Gasteiger partial charge in [-0.25, -0.2) is 19.6 Å². The largest absolute Gasteiger partial charge is 0.453 e. The Morgan fingerprint density at radius 1 is 0.679 bits per heavy atom. The summed E-state index contributed by atoms with van der Waals surface area (Å²) in [7, 11) is 5.80. The van der Waals surface area contributed by atoms with Crippen LogP contribution in [0.15, 0.2) is 36.7 Å². The highest BCUT2D eigenvalue weighted by atomic mass is 16.5. The molecule has 0 spiro atoms. The predicted molar refractivity (Wildman–Crippen MR) is 210 cm³/mol. The van der Waals surface area contributed by atoms with Gasteiger partial charge >= 0.3 is 12.2 Å². The zero-order valence-electron chi connectivity index (χ0n) is 34.0. The number of nitrogens with one attached hydrogen (secondary N) is 2. The number of amides is 4. The van der Waals surface area contributed by atoms with Crippen molar-refractivity contribution in [3.63, 3.8) is 0 Å². The molecular formula is C42H54N8O6.